The summed E-state index contributed by atoms with van der Waals surface area (Å²) in [5.41, 5.74) is 3.26. The van der Waals surface area contributed by atoms with Crippen molar-refractivity contribution in [3.63, 3.8) is 0 Å². The zero-order chi connectivity index (χ0) is 15.7. The molecule has 1 aromatic heterocycles. The fourth-order valence-electron chi connectivity index (χ4n) is 2.83. The van der Waals surface area contributed by atoms with Crippen LogP contribution in [0.3, 0.4) is 0 Å². The summed E-state index contributed by atoms with van der Waals surface area (Å²) in [7, 11) is 0. The zero-order valence-corrected chi connectivity index (χ0v) is 13.3. The summed E-state index contributed by atoms with van der Waals surface area (Å²) in [6.45, 7) is 4.69. The lowest BCUT2D eigenvalue weighted by Gasteiger charge is -2.12. The molecule has 4 heteroatoms. The number of hydrogen-bond donors (Lipinski definition) is 0. The largest absolute Gasteiger partial charge is 0.282 e. The second-order valence-corrected chi connectivity index (χ2v) is 5.52. The summed E-state index contributed by atoms with van der Waals surface area (Å²) in [5.74, 6) is 0. The fourth-order valence-corrected chi connectivity index (χ4v) is 3.04. The Hall–Kier alpha value is -2.26. The molecule has 0 bridgehead atoms. The maximum absolute atomic E-state index is 13.0. The van der Waals surface area contributed by atoms with Crippen LogP contribution in [-0.2, 0) is 6.54 Å². The fraction of sp³-hybridized carbons (Fsp3) is 0.167. The van der Waals surface area contributed by atoms with E-state index in [1.54, 1.807) is 10.7 Å². The number of halogens is 1. The van der Waals surface area contributed by atoms with Gasteiger partial charge in [0.2, 0.25) is 0 Å². The molecule has 0 saturated carbocycles. The van der Waals surface area contributed by atoms with E-state index in [2.05, 4.69) is 0 Å². The smallest absolute Gasteiger partial charge is 0.279 e. The van der Waals surface area contributed by atoms with E-state index in [1.807, 2.05) is 67.1 Å². The Morgan fingerprint density at radius 3 is 2.27 bits per heavy atom. The van der Waals surface area contributed by atoms with Crippen LogP contribution in [0.2, 0.25) is 5.02 Å². The highest BCUT2D eigenvalue weighted by Gasteiger charge is 2.19. The van der Waals surface area contributed by atoms with Gasteiger partial charge in [-0.15, -0.1) is 0 Å². The van der Waals surface area contributed by atoms with Crippen LogP contribution < -0.4 is 5.56 Å². The van der Waals surface area contributed by atoms with Crippen molar-refractivity contribution >= 4 is 11.6 Å². The van der Waals surface area contributed by atoms with Gasteiger partial charge >= 0.3 is 0 Å². The monoisotopic (exact) mass is 312 g/mol. The molecule has 112 valence electrons. The molecule has 0 aliphatic heterocycles. The van der Waals surface area contributed by atoms with Gasteiger partial charge in [-0.2, -0.15) is 0 Å². The zero-order valence-electron chi connectivity index (χ0n) is 12.6. The molecule has 0 radical (unpaired) electrons. The number of para-hydroxylation sites is 1. The third-order valence-electron chi connectivity index (χ3n) is 3.84. The van der Waals surface area contributed by atoms with Gasteiger partial charge in [-0.25, -0.2) is 4.68 Å². The van der Waals surface area contributed by atoms with E-state index in [0.717, 1.165) is 16.8 Å². The number of aromatic nitrogens is 2. The lowest BCUT2D eigenvalue weighted by Crippen LogP contribution is -2.21. The van der Waals surface area contributed by atoms with Gasteiger partial charge in [-0.1, -0.05) is 54.1 Å². The molecule has 0 aliphatic carbocycles. The Balaban J connectivity index is 2.34. The van der Waals surface area contributed by atoms with Crippen LogP contribution in [0.15, 0.2) is 59.4 Å². The lowest BCUT2D eigenvalue weighted by atomic mass is 10.1. The van der Waals surface area contributed by atoms with E-state index >= 15 is 0 Å². The maximum atomic E-state index is 13.0. The Bertz CT molecular complexity index is 863. The van der Waals surface area contributed by atoms with Crippen molar-refractivity contribution in [3.05, 3.63) is 75.7 Å². The topological polar surface area (TPSA) is 26.9 Å². The van der Waals surface area contributed by atoms with Crippen LogP contribution in [-0.4, -0.2) is 9.36 Å². The second-order valence-electron chi connectivity index (χ2n) is 5.11. The molecule has 3 nitrogen and oxygen atoms in total. The van der Waals surface area contributed by atoms with Crippen molar-refractivity contribution in [2.24, 2.45) is 0 Å². The van der Waals surface area contributed by atoms with Crippen LogP contribution in [0.1, 0.15) is 12.6 Å². The molecule has 0 saturated heterocycles. The third-order valence-corrected chi connectivity index (χ3v) is 4.16. The predicted octanol–water partition coefficient (Wildman–Crippen LogP) is 4.29. The van der Waals surface area contributed by atoms with Gasteiger partial charge in [0, 0.05) is 12.2 Å². The molecule has 0 fully saturated rings. The number of hydrogen-bond acceptors (Lipinski definition) is 1. The summed E-state index contributed by atoms with van der Waals surface area (Å²) in [5, 5.41) is 0.566. The first-order chi connectivity index (χ1) is 10.6. The van der Waals surface area contributed by atoms with Crippen molar-refractivity contribution in [3.8, 4) is 16.8 Å². The number of rotatable bonds is 3. The minimum Gasteiger partial charge on any atom is -0.282 e. The Kier molecular flexibility index (Phi) is 3.90. The molecule has 0 N–H and O–H groups in total. The average molecular weight is 313 g/mol. The van der Waals surface area contributed by atoms with Crippen LogP contribution in [0.5, 0.6) is 0 Å². The van der Waals surface area contributed by atoms with E-state index in [9.17, 15) is 4.79 Å². The molecular formula is C18H17ClN2O. The van der Waals surface area contributed by atoms with Crippen LogP contribution in [0.25, 0.3) is 16.8 Å². The lowest BCUT2D eigenvalue weighted by molar-refractivity contribution is 0.560. The molecule has 22 heavy (non-hydrogen) atoms. The molecule has 3 rings (SSSR count). The molecule has 0 aliphatic rings. The summed E-state index contributed by atoms with van der Waals surface area (Å²) < 4.78 is 3.63. The van der Waals surface area contributed by atoms with Gasteiger partial charge in [0.1, 0.15) is 0 Å². The Morgan fingerprint density at radius 2 is 1.64 bits per heavy atom. The normalized spacial score (nSPS) is 10.9. The van der Waals surface area contributed by atoms with Gasteiger partial charge in [0.15, 0.2) is 0 Å². The van der Waals surface area contributed by atoms with Gasteiger partial charge in [-0.3, -0.25) is 9.48 Å². The first-order valence-corrected chi connectivity index (χ1v) is 7.65. The summed E-state index contributed by atoms with van der Waals surface area (Å²) in [6, 6.07) is 17.2. The molecule has 0 unspecified atom stereocenters. The van der Waals surface area contributed by atoms with E-state index in [1.165, 1.54) is 0 Å². The molecule has 0 amide bonds. The number of nitrogens with zero attached hydrogens (tertiary/aromatic N) is 2. The first-order valence-electron chi connectivity index (χ1n) is 7.28. The van der Waals surface area contributed by atoms with Crippen molar-refractivity contribution in [2.75, 3.05) is 0 Å². The third kappa shape index (κ3) is 2.28. The Morgan fingerprint density at radius 1 is 1.00 bits per heavy atom. The minimum absolute atomic E-state index is 0.0429. The van der Waals surface area contributed by atoms with Crippen molar-refractivity contribution in [1.29, 1.82) is 0 Å². The molecule has 0 atom stereocenters. The summed E-state index contributed by atoms with van der Waals surface area (Å²) >= 11 is 6.29. The highest BCUT2D eigenvalue weighted by Crippen LogP contribution is 2.24. The van der Waals surface area contributed by atoms with Crippen LogP contribution in [0.4, 0.5) is 0 Å². The van der Waals surface area contributed by atoms with Crippen molar-refractivity contribution in [2.45, 2.75) is 20.4 Å². The number of benzene rings is 2. The summed E-state index contributed by atoms with van der Waals surface area (Å²) in [6.07, 6.45) is 0. The van der Waals surface area contributed by atoms with Gasteiger partial charge in [-0.05, 0) is 31.5 Å². The van der Waals surface area contributed by atoms with E-state index < -0.39 is 0 Å². The van der Waals surface area contributed by atoms with E-state index in [-0.39, 0.29) is 5.56 Å². The molecular weight excluding hydrogens is 296 g/mol. The second kappa shape index (κ2) is 5.85. The first kappa shape index (κ1) is 14.7. The predicted molar refractivity (Wildman–Crippen MR) is 90.9 cm³/mol. The standard InChI is InChI=1S/C18H17ClN2O/c1-3-20-13(2)17(14-9-5-4-6-10-14)18(22)21(20)16-12-8-7-11-15(16)19/h4-12H,3H2,1-2H3. The highest BCUT2D eigenvalue weighted by atomic mass is 35.5. The van der Waals surface area contributed by atoms with Crippen LogP contribution in [0, 0.1) is 6.92 Å². The highest BCUT2D eigenvalue weighted by molar-refractivity contribution is 6.32. The molecule has 2 aromatic carbocycles. The van der Waals surface area contributed by atoms with Crippen molar-refractivity contribution in [1.82, 2.24) is 9.36 Å². The molecule has 3 aromatic rings. The van der Waals surface area contributed by atoms with E-state index in [4.69, 9.17) is 11.6 Å². The molecule has 1 heterocycles. The van der Waals surface area contributed by atoms with Crippen LogP contribution >= 0.6 is 11.6 Å². The minimum atomic E-state index is -0.0429. The quantitative estimate of drug-likeness (QED) is 0.709. The van der Waals surface area contributed by atoms with Gasteiger partial charge < -0.3 is 0 Å². The summed E-state index contributed by atoms with van der Waals surface area (Å²) in [4.78, 5) is 13.0. The van der Waals surface area contributed by atoms with Crippen molar-refractivity contribution < 1.29 is 0 Å². The van der Waals surface area contributed by atoms with Gasteiger partial charge in [0.25, 0.3) is 5.56 Å². The SMILES string of the molecule is CCn1c(C)c(-c2ccccc2)c(=O)n1-c1ccccc1Cl. The Labute approximate surface area is 134 Å². The van der Waals surface area contributed by atoms with E-state index in [0.29, 0.717) is 17.3 Å². The average Bonchev–Trinajstić information content (AvgIpc) is 2.79. The van der Waals surface area contributed by atoms with Gasteiger partial charge in [0.05, 0.1) is 16.3 Å². The maximum Gasteiger partial charge on any atom is 0.279 e. The molecule has 0 spiro atoms.